The van der Waals surface area contributed by atoms with E-state index in [0.717, 1.165) is 11.3 Å². The van der Waals surface area contributed by atoms with Gasteiger partial charge in [0.2, 0.25) is 5.82 Å². The summed E-state index contributed by atoms with van der Waals surface area (Å²) in [4.78, 5) is 16.9. The molecule has 0 N–H and O–H groups in total. The van der Waals surface area contributed by atoms with E-state index in [-0.39, 0.29) is 19.1 Å². The lowest BCUT2D eigenvalue weighted by atomic mass is 10.1. The van der Waals surface area contributed by atoms with Gasteiger partial charge in [0, 0.05) is 5.56 Å². The summed E-state index contributed by atoms with van der Waals surface area (Å²) in [5, 5.41) is 3.95. The lowest BCUT2D eigenvalue weighted by Gasteiger charge is -2.10. The highest BCUT2D eigenvalue weighted by Crippen LogP contribution is 2.27. The van der Waals surface area contributed by atoms with Crippen molar-refractivity contribution < 1.29 is 23.5 Å². The van der Waals surface area contributed by atoms with E-state index in [4.69, 9.17) is 18.7 Å². The van der Waals surface area contributed by atoms with Crippen LogP contribution in [0.5, 0.6) is 11.5 Å². The van der Waals surface area contributed by atoms with E-state index in [1.165, 1.54) is 0 Å². The molecule has 0 bridgehead atoms. The zero-order valence-electron chi connectivity index (χ0n) is 16.9. The molecule has 7 nitrogen and oxygen atoms in total. The first-order valence-electron chi connectivity index (χ1n) is 9.63. The van der Waals surface area contributed by atoms with Gasteiger partial charge in [-0.2, -0.15) is 4.98 Å². The SMILES string of the molecule is COc1ccccc1-c1noc(COC(=O)c2ccccc2COc2ccccc2)n1. The van der Waals surface area contributed by atoms with Gasteiger partial charge in [0.1, 0.15) is 18.1 Å². The van der Waals surface area contributed by atoms with Gasteiger partial charge in [0.15, 0.2) is 6.61 Å². The molecule has 0 fully saturated rings. The molecular weight excluding hydrogens is 396 g/mol. The number of rotatable bonds is 8. The zero-order valence-corrected chi connectivity index (χ0v) is 16.9. The molecule has 0 saturated carbocycles. The van der Waals surface area contributed by atoms with Crippen molar-refractivity contribution in [3.63, 3.8) is 0 Å². The highest BCUT2D eigenvalue weighted by atomic mass is 16.6. The second-order valence-corrected chi connectivity index (χ2v) is 6.55. The van der Waals surface area contributed by atoms with Crippen LogP contribution in [0.2, 0.25) is 0 Å². The van der Waals surface area contributed by atoms with Gasteiger partial charge < -0.3 is 18.7 Å². The zero-order chi connectivity index (χ0) is 21.5. The van der Waals surface area contributed by atoms with Crippen LogP contribution in [0.25, 0.3) is 11.4 Å². The molecule has 1 heterocycles. The van der Waals surface area contributed by atoms with E-state index in [9.17, 15) is 4.79 Å². The smallest absolute Gasteiger partial charge is 0.339 e. The number of benzene rings is 3. The summed E-state index contributed by atoms with van der Waals surface area (Å²) >= 11 is 0. The van der Waals surface area contributed by atoms with Crippen molar-refractivity contribution in [2.45, 2.75) is 13.2 Å². The normalized spacial score (nSPS) is 10.5. The highest BCUT2D eigenvalue weighted by molar-refractivity contribution is 5.91. The number of carbonyl (C=O) groups is 1. The fourth-order valence-electron chi connectivity index (χ4n) is 2.98. The molecule has 0 atom stereocenters. The summed E-state index contributed by atoms with van der Waals surface area (Å²) in [7, 11) is 1.57. The Kier molecular flexibility index (Phi) is 6.23. The van der Waals surface area contributed by atoms with E-state index >= 15 is 0 Å². The minimum atomic E-state index is -0.496. The van der Waals surface area contributed by atoms with Crippen LogP contribution < -0.4 is 9.47 Å². The topological polar surface area (TPSA) is 83.7 Å². The van der Waals surface area contributed by atoms with Crippen LogP contribution in [-0.4, -0.2) is 23.2 Å². The first kappa shape index (κ1) is 20.2. The minimum absolute atomic E-state index is 0.144. The summed E-state index contributed by atoms with van der Waals surface area (Å²) in [6.07, 6.45) is 0. The van der Waals surface area contributed by atoms with Gasteiger partial charge in [-0.1, -0.05) is 53.7 Å². The molecule has 0 spiro atoms. The maximum atomic E-state index is 12.6. The predicted octanol–water partition coefficient (Wildman–Crippen LogP) is 4.68. The van der Waals surface area contributed by atoms with Gasteiger partial charge in [-0.3, -0.25) is 0 Å². The molecule has 0 aliphatic carbocycles. The van der Waals surface area contributed by atoms with E-state index in [0.29, 0.717) is 22.7 Å². The predicted molar refractivity (Wildman–Crippen MR) is 113 cm³/mol. The van der Waals surface area contributed by atoms with Gasteiger partial charge in [0.25, 0.3) is 5.89 Å². The molecule has 31 heavy (non-hydrogen) atoms. The number of nitrogens with zero attached hydrogens (tertiary/aromatic N) is 2. The fraction of sp³-hybridized carbons (Fsp3) is 0.125. The van der Waals surface area contributed by atoms with Gasteiger partial charge in [-0.05, 0) is 30.3 Å². The Balaban J connectivity index is 1.41. The largest absolute Gasteiger partial charge is 0.496 e. The monoisotopic (exact) mass is 416 g/mol. The lowest BCUT2D eigenvalue weighted by Crippen LogP contribution is -2.10. The van der Waals surface area contributed by atoms with Crippen LogP contribution in [0.3, 0.4) is 0 Å². The summed E-state index contributed by atoms with van der Waals surface area (Å²) < 4.78 is 21.7. The average Bonchev–Trinajstić information content (AvgIpc) is 3.31. The minimum Gasteiger partial charge on any atom is -0.496 e. The summed E-state index contributed by atoms with van der Waals surface area (Å²) in [5.74, 6) is 1.40. The van der Waals surface area contributed by atoms with Gasteiger partial charge >= 0.3 is 5.97 Å². The van der Waals surface area contributed by atoms with E-state index < -0.39 is 5.97 Å². The maximum Gasteiger partial charge on any atom is 0.339 e. The number of para-hydroxylation sites is 2. The molecule has 1 aromatic heterocycles. The molecule has 4 rings (SSSR count). The molecule has 0 radical (unpaired) electrons. The van der Waals surface area contributed by atoms with Crippen LogP contribution in [-0.2, 0) is 18.0 Å². The van der Waals surface area contributed by atoms with Crippen molar-refractivity contribution in [1.29, 1.82) is 0 Å². The number of hydrogen-bond donors (Lipinski definition) is 0. The van der Waals surface area contributed by atoms with Crippen LogP contribution >= 0.6 is 0 Å². The molecule has 0 amide bonds. The van der Waals surface area contributed by atoms with Crippen molar-refractivity contribution in [2.75, 3.05) is 7.11 Å². The quantitative estimate of drug-likeness (QED) is 0.386. The van der Waals surface area contributed by atoms with Crippen molar-refractivity contribution in [3.05, 3.63) is 95.9 Å². The van der Waals surface area contributed by atoms with Crippen LogP contribution in [0.15, 0.2) is 83.4 Å². The third kappa shape index (κ3) is 4.90. The number of esters is 1. The lowest BCUT2D eigenvalue weighted by molar-refractivity contribution is 0.0427. The number of aromatic nitrogens is 2. The Morgan fingerprint density at radius 2 is 1.65 bits per heavy atom. The van der Waals surface area contributed by atoms with Crippen LogP contribution in [0.4, 0.5) is 0 Å². The molecule has 0 aliphatic heterocycles. The molecule has 4 aromatic rings. The summed E-state index contributed by atoms with van der Waals surface area (Å²) in [5.41, 5.74) is 1.83. The van der Waals surface area contributed by atoms with Crippen molar-refractivity contribution in [2.24, 2.45) is 0 Å². The number of methoxy groups -OCH3 is 1. The van der Waals surface area contributed by atoms with Crippen molar-refractivity contribution in [3.8, 4) is 22.9 Å². The Bertz CT molecular complexity index is 1160. The molecule has 7 heteroatoms. The Hall–Kier alpha value is -4.13. The fourth-order valence-corrected chi connectivity index (χ4v) is 2.98. The highest BCUT2D eigenvalue weighted by Gasteiger charge is 2.17. The van der Waals surface area contributed by atoms with E-state index in [2.05, 4.69) is 10.1 Å². The molecule has 0 aliphatic rings. The Morgan fingerprint density at radius 1 is 0.903 bits per heavy atom. The number of ether oxygens (including phenoxy) is 3. The first-order valence-corrected chi connectivity index (χ1v) is 9.63. The third-order valence-corrected chi connectivity index (χ3v) is 4.52. The first-order chi connectivity index (χ1) is 15.2. The second-order valence-electron chi connectivity index (χ2n) is 6.55. The van der Waals surface area contributed by atoms with Gasteiger partial charge in [-0.15, -0.1) is 0 Å². The van der Waals surface area contributed by atoms with E-state index in [1.807, 2.05) is 60.7 Å². The third-order valence-electron chi connectivity index (χ3n) is 4.52. The van der Waals surface area contributed by atoms with Crippen LogP contribution in [0, 0.1) is 0 Å². The maximum absolute atomic E-state index is 12.6. The second kappa shape index (κ2) is 9.58. The Labute approximate surface area is 179 Å². The van der Waals surface area contributed by atoms with E-state index in [1.54, 1.807) is 25.3 Å². The molecule has 0 unspecified atom stereocenters. The van der Waals surface area contributed by atoms with Crippen molar-refractivity contribution in [1.82, 2.24) is 10.1 Å². The van der Waals surface area contributed by atoms with Crippen LogP contribution in [0.1, 0.15) is 21.8 Å². The molecule has 156 valence electrons. The van der Waals surface area contributed by atoms with Crippen molar-refractivity contribution >= 4 is 5.97 Å². The van der Waals surface area contributed by atoms with Gasteiger partial charge in [0.05, 0.1) is 18.2 Å². The Morgan fingerprint density at radius 3 is 2.48 bits per heavy atom. The molecule has 3 aromatic carbocycles. The van der Waals surface area contributed by atoms with Gasteiger partial charge in [-0.25, -0.2) is 4.79 Å². The number of hydrogen-bond acceptors (Lipinski definition) is 7. The summed E-state index contributed by atoms with van der Waals surface area (Å²) in [6.45, 7) is 0.0999. The molecule has 0 saturated heterocycles. The standard InChI is InChI=1S/C24H20N2O5/c1-28-21-14-8-7-13-20(21)23-25-22(31-26-23)16-30-24(27)19-12-6-5-9-17(19)15-29-18-10-3-2-4-11-18/h2-14H,15-16H2,1H3. The average molecular weight is 416 g/mol. The number of carbonyl (C=O) groups excluding carboxylic acids is 1. The molecular formula is C24H20N2O5. The summed E-state index contributed by atoms with van der Waals surface area (Å²) in [6, 6.07) is 23.9.